The van der Waals surface area contributed by atoms with Gasteiger partial charge in [0.1, 0.15) is 11.5 Å². The molecular weight excluding hydrogens is 424 g/mol. The van der Waals surface area contributed by atoms with Crippen molar-refractivity contribution in [3.8, 4) is 11.4 Å². The summed E-state index contributed by atoms with van der Waals surface area (Å²) in [5.41, 5.74) is 1.27. The zero-order valence-corrected chi connectivity index (χ0v) is 16.7. The molecule has 10 heteroatoms. The smallest absolute Gasteiger partial charge is 0.288 e. The Morgan fingerprint density at radius 1 is 1.06 bits per heavy atom. The molecule has 0 fully saturated rings. The summed E-state index contributed by atoms with van der Waals surface area (Å²) in [5.74, 6) is -2.21. The van der Waals surface area contributed by atoms with E-state index in [1.807, 2.05) is 30.3 Å². The van der Waals surface area contributed by atoms with Gasteiger partial charge in [-0.05, 0) is 46.8 Å². The molecule has 0 radical (unpaired) electrons. The quantitative estimate of drug-likeness (QED) is 0.326. The fourth-order valence-electron chi connectivity index (χ4n) is 2.76. The molecule has 0 spiro atoms. The molecule has 4 rings (SSSR count). The lowest BCUT2D eigenvalue weighted by molar-refractivity contribution is -0.111. The van der Waals surface area contributed by atoms with Gasteiger partial charge in [-0.25, -0.2) is 0 Å². The number of anilines is 1. The lowest BCUT2D eigenvalue weighted by Gasteiger charge is -2.11. The summed E-state index contributed by atoms with van der Waals surface area (Å²) in [7, 11) is 0. The predicted molar refractivity (Wildman–Crippen MR) is 113 cm³/mol. The number of tetrazole rings is 1. The molecule has 0 saturated carbocycles. The number of halogens is 2. The second-order valence-electron chi connectivity index (χ2n) is 6.18. The van der Waals surface area contributed by atoms with Gasteiger partial charge in [-0.15, -0.1) is 5.10 Å². The number of rotatable bonds is 7. The van der Waals surface area contributed by atoms with Gasteiger partial charge in [0.25, 0.3) is 11.7 Å². The topological polar surface area (TPSA) is 85.8 Å². The molecule has 1 N–H and O–H groups in total. The Kier molecular flexibility index (Phi) is 6.18. The molecule has 0 bridgehead atoms. The first kappa shape index (κ1) is 20.5. The van der Waals surface area contributed by atoms with Crippen LogP contribution >= 0.6 is 11.8 Å². The number of hydrogen-bond acceptors (Lipinski definition) is 6. The highest BCUT2D eigenvalue weighted by atomic mass is 32.2. The third-order valence-electron chi connectivity index (χ3n) is 4.12. The van der Waals surface area contributed by atoms with Crippen molar-refractivity contribution in [2.45, 2.75) is 10.7 Å². The van der Waals surface area contributed by atoms with Crippen LogP contribution in [0.4, 0.5) is 14.5 Å². The lowest BCUT2D eigenvalue weighted by Crippen LogP contribution is -2.19. The number of benzene rings is 2. The second kappa shape index (κ2) is 9.35. The molecule has 31 heavy (non-hydrogen) atoms. The summed E-state index contributed by atoms with van der Waals surface area (Å²) in [6.45, 7) is 0. The van der Waals surface area contributed by atoms with Crippen LogP contribution < -0.4 is 5.32 Å². The minimum atomic E-state index is -2.51. The number of furan rings is 1. The summed E-state index contributed by atoms with van der Waals surface area (Å²) in [5, 5.41) is 14.5. The highest BCUT2D eigenvalue weighted by molar-refractivity contribution is 7.99. The average molecular weight is 439 g/mol. The molecule has 156 valence electrons. The van der Waals surface area contributed by atoms with Crippen molar-refractivity contribution in [1.82, 2.24) is 20.2 Å². The van der Waals surface area contributed by atoms with Crippen LogP contribution in [-0.2, 0) is 4.79 Å². The normalized spacial score (nSPS) is 11.6. The minimum Gasteiger partial charge on any atom is -0.465 e. The third kappa shape index (κ3) is 5.04. The molecule has 2 heterocycles. The zero-order valence-electron chi connectivity index (χ0n) is 15.9. The van der Waals surface area contributed by atoms with Crippen LogP contribution in [0.25, 0.3) is 23.2 Å². The van der Waals surface area contributed by atoms with E-state index in [2.05, 4.69) is 20.8 Å². The van der Waals surface area contributed by atoms with E-state index in [0.29, 0.717) is 33.9 Å². The van der Waals surface area contributed by atoms with Gasteiger partial charge in [-0.3, -0.25) is 4.79 Å². The van der Waals surface area contributed by atoms with Crippen LogP contribution in [0.1, 0.15) is 5.76 Å². The standard InChI is InChI=1S/C21H15F2N5O2S/c22-21(23)31-17-10-8-15(9-11-17)24-20(29)18(13-16-7-4-12-30-16)28-19(25-26-27-28)14-5-2-1-3-6-14/h1-13,21H,(H,24,29)/b18-13+. The van der Waals surface area contributed by atoms with Crippen molar-refractivity contribution in [1.29, 1.82) is 0 Å². The van der Waals surface area contributed by atoms with Crippen molar-refractivity contribution < 1.29 is 18.0 Å². The van der Waals surface area contributed by atoms with Crippen LogP contribution in [0.5, 0.6) is 0 Å². The van der Waals surface area contributed by atoms with E-state index in [1.165, 1.54) is 29.2 Å². The van der Waals surface area contributed by atoms with Crippen LogP contribution in [0.3, 0.4) is 0 Å². The molecule has 2 aromatic carbocycles. The van der Waals surface area contributed by atoms with Gasteiger partial charge < -0.3 is 9.73 Å². The maximum absolute atomic E-state index is 13.1. The Labute approximate surface area is 179 Å². The first-order valence-corrected chi connectivity index (χ1v) is 9.94. The molecule has 0 aliphatic rings. The minimum absolute atomic E-state index is 0.116. The van der Waals surface area contributed by atoms with E-state index < -0.39 is 11.7 Å². The second-order valence-corrected chi connectivity index (χ2v) is 7.25. The largest absolute Gasteiger partial charge is 0.465 e. The van der Waals surface area contributed by atoms with Crippen LogP contribution in [0, 0.1) is 0 Å². The Morgan fingerprint density at radius 3 is 2.52 bits per heavy atom. The molecular formula is C21H15F2N5O2S. The SMILES string of the molecule is O=C(Nc1ccc(SC(F)F)cc1)/C(=C\c1ccco1)n1nnnc1-c1ccccc1. The van der Waals surface area contributed by atoms with Crippen molar-refractivity contribution >= 4 is 35.1 Å². The van der Waals surface area contributed by atoms with Crippen LogP contribution in [-0.4, -0.2) is 31.9 Å². The number of hydrogen-bond donors (Lipinski definition) is 1. The zero-order chi connectivity index (χ0) is 21.6. The maximum Gasteiger partial charge on any atom is 0.288 e. The Balaban J connectivity index is 1.66. The average Bonchev–Trinajstić information content (AvgIpc) is 3.45. The predicted octanol–water partition coefficient (Wildman–Crippen LogP) is 4.88. The third-order valence-corrected chi connectivity index (χ3v) is 4.84. The monoisotopic (exact) mass is 439 g/mol. The molecule has 0 aliphatic carbocycles. The van der Waals surface area contributed by atoms with Gasteiger partial charge in [0.2, 0.25) is 0 Å². The van der Waals surface area contributed by atoms with E-state index >= 15 is 0 Å². The van der Waals surface area contributed by atoms with E-state index in [9.17, 15) is 13.6 Å². The van der Waals surface area contributed by atoms with E-state index in [0.717, 1.165) is 5.56 Å². The van der Waals surface area contributed by atoms with Crippen molar-refractivity contribution in [2.24, 2.45) is 0 Å². The van der Waals surface area contributed by atoms with Gasteiger partial charge in [0.15, 0.2) is 5.82 Å². The molecule has 0 saturated heterocycles. The van der Waals surface area contributed by atoms with Gasteiger partial charge in [0.05, 0.1) is 6.26 Å². The van der Waals surface area contributed by atoms with E-state index in [-0.39, 0.29) is 5.70 Å². The van der Waals surface area contributed by atoms with Crippen molar-refractivity contribution in [3.63, 3.8) is 0 Å². The number of alkyl halides is 2. The molecule has 7 nitrogen and oxygen atoms in total. The number of thioether (sulfide) groups is 1. The van der Waals surface area contributed by atoms with Gasteiger partial charge in [-0.1, -0.05) is 42.1 Å². The van der Waals surface area contributed by atoms with Crippen molar-refractivity contribution in [2.75, 3.05) is 5.32 Å². The van der Waals surface area contributed by atoms with Crippen LogP contribution in [0.2, 0.25) is 0 Å². The van der Waals surface area contributed by atoms with Gasteiger partial charge in [-0.2, -0.15) is 13.5 Å². The van der Waals surface area contributed by atoms with Crippen molar-refractivity contribution in [3.05, 3.63) is 78.8 Å². The first-order chi connectivity index (χ1) is 15.1. The lowest BCUT2D eigenvalue weighted by atomic mass is 10.2. The Bertz CT molecular complexity index is 1180. The highest BCUT2D eigenvalue weighted by Crippen LogP contribution is 2.27. The number of carbonyl (C=O) groups excluding carboxylic acids is 1. The van der Waals surface area contributed by atoms with Gasteiger partial charge in [0, 0.05) is 22.2 Å². The number of aromatic nitrogens is 4. The maximum atomic E-state index is 13.1. The first-order valence-electron chi connectivity index (χ1n) is 9.06. The fourth-order valence-corrected chi connectivity index (χ4v) is 3.26. The highest BCUT2D eigenvalue weighted by Gasteiger charge is 2.20. The molecule has 2 aromatic heterocycles. The summed E-state index contributed by atoms with van der Waals surface area (Å²) >= 11 is 0.432. The summed E-state index contributed by atoms with van der Waals surface area (Å²) in [6, 6.07) is 18.7. The summed E-state index contributed by atoms with van der Waals surface area (Å²) < 4.78 is 31.7. The summed E-state index contributed by atoms with van der Waals surface area (Å²) in [4.78, 5) is 13.5. The van der Waals surface area contributed by atoms with E-state index in [1.54, 1.807) is 24.3 Å². The number of amides is 1. The molecule has 0 atom stereocenters. The van der Waals surface area contributed by atoms with E-state index in [4.69, 9.17) is 4.42 Å². The number of nitrogens with one attached hydrogen (secondary N) is 1. The molecule has 0 unspecified atom stereocenters. The van der Waals surface area contributed by atoms with Gasteiger partial charge >= 0.3 is 0 Å². The van der Waals surface area contributed by atoms with Crippen LogP contribution in [0.15, 0.2) is 82.3 Å². The Morgan fingerprint density at radius 2 is 1.84 bits per heavy atom. The molecule has 1 amide bonds. The molecule has 4 aromatic rings. The number of nitrogens with zero attached hydrogens (tertiary/aromatic N) is 4. The molecule has 0 aliphatic heterocycles. The Hall–Kier alpha value is -3.79. The summed E-state index contributed by atoms with van der Waals surface area (Å²) in [6.07, 6.45) is 3.00. The number of carbonyl (C=O) groups is 1. The fraction of sp³-hybridized carbons (Fsp3) is 0.0476.